The molecule has 1 aliphatic rings. The highest BCUT2D eigenvalue weighted by Crippen LogP contribution is 2.44. The first kappa shape index (κ1) is 12.8. The van der Waals surface area contributed by atoms with E-state index < -0.39 is 4.92 Å². The third-order valence-electron chi connectivity index (χ3n) is 3.23. The van der Waals surface area contributed by atoms with E-state index in [9.17, 15) is 14.9 Å². The molecule has 0 saturated heterocycles. The summed E-state index contributed by atoms with van der Waals surface area (Å²) in [6.07, 6.45) is 0.934. The predicted molar refractivity (Wildman–Crippen MR) is 67.8 cm³/mol. The van der Waals surface area contributed by atoms with Gasteiger partial charge in [0.15, 0.2) is 0 Å². The lowest BCUT2D eigenvalue weighted by Gasteiger charge is -2.08. The third-order valence-corrected chi connectivity index (χ3v) is 3.54. The van der Waals surface area contributed by atoms with Crippen LogP contribution in [0.1, 0.15) is 30.6 Å². The first-order valence-electron chi connectivity index (χ1n) is 5.56. The maximum atomic E-state index is 11.9. The summed E-state index contributed by atoms with van der Waals surface area (Å²) in [4.78, 5) is 21.9. The highest BCUT2D eigenvalue weighted by molar-refractivity contribution is 6.34. The molecule has 6 heteroatoms. The van der Waals surface area contributed by atoms with Crippen LogP contribution in [0.3, 0.4) is 0 Å². The van der Waals surface area contributed by atoms with Crippen LogP contribution in [0.5, 0.6) is 0 Å². The van der Waals surface area contributed by atoms with Crippen LogP contribution in [0.4, 0.5) is 5.69 Å². The number of nitrogens with one attached hydrogen (secondary N) is 1. The molecule has 1 saturated carbocycles. The number of hydrogen-bond donors (Lipinski definition) is 1. The van der Waals surface area contributed by atoms with Gasteiger partial charge in [-0.2, -0.15) is 0 Å². The summed E-state index contributed by atoms with van der Waals surface area (Å²) in [5.74, 6) is -0.287. The predicted octanol–water partition coefficient (Wildman–Crippen LogP) is 2.78. The van der Waals surface area contributed by atoms with Gasteiger partial charge >= 0.3 is 0 Å². The lowest BCUT2D eigenvalue weighted by molar-refractivity contribution is -0.384. The van der Waals surface area contributed by atoms with Crippen LogP contribution < -0.4 is 5.32 Å². The molecule has 96 valence electrons. The summed E-state index contributed by atoms with van der Waals surface area (Å²) < 4.78 is 0. The Hall–Kier alpha value is -1.62. The Kier molecular flexibility index (Phi) is 3.02. The van der Waals surface area contributed by atoms with Gasteiger partial charge in [-0.25, -0.2) is 0 Å². The molecule has 0 heterocycles. The Morgan fingerprint density at radius 3 is 2.61 bits per heavy atom. The van der Waals surface area contributed by atoms with Crippen molar-refractivity contribution in [2.24, 2.45) is 5.41 Å². The van der Waals surface area contributed by atoms with Crippen molar-refractivity contribution < 1.29 is 9.72 Å². The molecule has 0 aromatic heterocycles. The van der Waals surface area contributed by atoms with E-state index in [1.165, 1.54) is 18.2 Å². The number of rotatable bonds is 3. The minimum absolute atomic E-state index is 0.0974. The molecule has 0 spiro atoms. The van der Waals surface area contributed by atoms with Gasteiger partial charge in [-0.15, -0.1) is 0 Å². The van der Waals surface area contributed by atoms with Crippen molar-refractivity contribution in [3.63, 3.8) is 0 Å². The molecule has 1 aromatic carbocycles. The fourth-order valence-corrected chi connectivity index (χ4v) is 2.01. The molecule has 18 heavy (non-hydrogen) atoms. The molecule has 1 amide bonds. The fourth-order valence-electron chi connectivity index (χ4n) is 1.75. The SMILES string of the molecule is CC1(C)CC1NC(=O)c1ccc([N+](=O)[O-])cc1Cl. The molecule has 0 bridgehead atoms. The van der Waals surface area contributed by atoms with Crippen LogP contribution in [0.2, 0.25) is 5.02 Å². The van der Waals surface area contributed by atoms with Gasteiger partial charge in [-0.3, -0.25) is 14.9 Å². The molecule has 5 nitrogen and oxygen atoms in total. The molecule has 1 aliphatic carbocycles. The summed E-state index contributed by atoms with van der Waals surface area (Å²) >= 11 is 5.88. The number of nitro groups is 1. The summed E-state index contributed by atoms with van der Waals surface area (Å²) in [5, 5.41) is 13.5. The second kappa shape index (κ2) is 4.24. The van der Waals surface area contributed by atoms with E-state index in [-0.39, 0.29) is 33.6 Å². The molecule has 1 N–H and O–H groups in total. The maximum Gasteiger partial charge on any atom is 0.270 e. The number of benzene rings is 1. The first-order valence-corrected chi connectivity index (χ1v) is 5.94. The minimum atomic E-state index is -0.544. The van der Waals surface area contributed by atoms with Gasteiger partial charge in [0.2, 0.25) is 0 Å². The zero-order valence-corrected chi connectivity index (χ0v) is 10.8. The number of non-ortho nitro benzene ring substituents is 1. The van der Waals surface area contributed by atoms with E-state index in [4.69, 9.17) is 11.6 Å². The minimum Gasteiger partial charge on any atom is -0.349 e. The summed E-state index contributed by atoms with van der Waals surface area (Å²) in [7, 11) is 0. The van der Waals surface area contributed by atoms with Crippen LogP contribution >= 0.6 is 11.6 Å². The van der Waals surface area contributed by atoms with E-state index in [1.54, 1.807) is 0 Å². The van der Waals surface area contributed by atoms with Crippen molar-refractivity contribution in [2.75, 3.05) is 0 Å². The van der Waals surface area contributed by atoms with Crippen LogP contribution in [0.25, 0.3) is 0 Å². The van der Waals surface area contributed by atoms with E-state index in [1.807, 2.05) is 0 Å². The van der Waals surface area contributed by atoms with Crippen molar-refractivity contribution in [2.45, 2.75) is 26.3 Å². The molecule has 0 aliphatic heterocycles. The van der Waals surface area contributed by atoms with Gasteiger partial charge in [-0.05, 0) is 17.9 Å². The third kappa shape index (κ3) is 2.46. The number of nitro benzene ring substituents is 1. The van der Waals surface area contributed by atoms with Gasteiger partial charge in [0, 0.05) is 18.2 Å². The molecule has 1 unspecified atom stereocenters. The maximum absolute atomic E-state index is 11.9. The second-order valence-electron chi connectivity index (χ2n) is 5.14. The lowest BCUT2D eigenvalue weighted by Crippen LogP contribution is -2.28. The topological polar surface area (TPSA) is 72.2 Å². The quantitative estimate of drug-likeness (QED) is 0.677. The number of halogens is 1. The van der Waals surface area contributed by atoms with Crippen LogP contribution in [0.15, 0.2) is 18.2 Å². The zero-order valence-electron chi connectivity index (χ0n) is 10.1. The average Bonchev–Trinajstić information content (AvgIpc) is 2.85. The first-order chi connectivity index (χ1) is 8.31. The molecule has 2 rings (SSSR count). The van der Waals surface area contributed by atoms with E-state index >= 15 is 0 Å². The van der Waals surface area contributed by atoms with Crippen molar-refractivity contribution >= 4 is 23.2 Å². The van der Waals surface area contributed by atoms with Crippen molar-refractivity contribution in [3.05, 3.63) is 38.9 Å². The largest absolute Gasteiger partial charge is 0.349 e. The van der Waals surface area contributed by atoms with Crippen LogP contribution in [-0.4, -0.2) is 16.9 Å². The standard InChI is InChI=1S/C12H13ClN2O3/c1-12(2)6-10(12)14-11(16)8-4-3-7(15(17)18)5-9(8)13/h3-5,10H,6H2,1-2H3,(H,14,16). The molecule has 0 radical (unpaired) electrons. The van der Waals surface area contributed by atoms with Gasteiger partial charge in [0.1, 0.15) is 0 Å². The van der Waals surface area contributed by atoms with Gasteiger partial charge in [0.05, 0.1) is 15.5 Å². The Balaban J connectivity index is 2.14. The zero-order chi connectivity index (χ0) is 13.5. The van der Waals surface area contributed by atoms with Gasteiger partial charge in [0.25, 0.3) is 11.6 Å². The Morgan fingerprint density at radius 2 is 2.17 bits per heavy atom. The Bertz CT molecular complexity index is 528. The van der Waals surface area contributed by atoms with Gasteiger partial charge in [-0.1, -0.05) is 25.4 Å². The Morgan fingerprint density at radius 1 is 1.56 bits per heavy atom. The monoisotopic (exact) mass is 268 g/mol. The molecule has 1 fully saturated rings. The number of carbonyl (C=O) groups excluding carboxylic acids is 1. The fraction of sp³-hybridized carbons (Fsp3) is 0.417. The summed E-state index contributed by atoms with van der Waals surface area (Å²) in [6, 6.07) is 4.00. The van der Waals surface area contributed by atoms with Crippen LogP contribution in [0, 0.1) is 15.5 Å². The highest BCUT2D eigenvalue weighted by atomic mass is 35.5. The van der Waals surface area contributed by atoms with E-state index in [2.05, 4.69) is 19.2 Å². The summed E-state index contributed by atoms with van der Waals surface area (Å²) in [6.45, 7) is 4.13. The number of hydrogen-bond acceptors (Lipinski definition) is 3. The van der Waals surface area contributed by atoms with E-state index in [0.29, 0.717) is 0 Å². The number of carbonyl (C=O) groups is 1. The number of nitrogens with zero attached hydrogens (tertiary/aromatic N) is 1. The smallest absolute Gasteiger partial charge is 0.270 e. The lowest BCUT2D eigenvalue weighted by atomic mass is 10.1. The van der Waals surface area contributed by atoms with Crippen molar-refractivity contribution in [1.29, 1.82) is 0 Å². The van der Waals surface area contributed by atoms with Crippen molar-refractivity contribution in [3.8, 4) is 0 Å². The number of amides is 1. The average molecular weight is 269 g/mol. The van der Waals surface area contributed by atoms with E-state index in [0.717, 1.165) is 6.42 Å². The molecule has 1 aromatic rings. The van der Waals surface area contributed by atoms with Gasteiger partial charge < -0.3 is 5.32 Å². The summed E-state index contributed by atoms with van der Waals surface area (Å²) in [5.41, 5.74) is 0.274. The highest BCUT2D eigenvalue weighted by Gasteiger charge is 2.46. The molecule has 1 atom stereocenters. The van der Waals surface area contributed by atoms with Crippen LogP contribution in [-0.2, 0) is 0 Å². The molecular weight excluding hydrogens is 256 g/mol. The Labute approximate surface area is 109 Å². The van der Waals surface area contributed by atoms with Crippen molar-refractivity contribution in [1.82, 2.24) is 5.32 Å². The normalized spacial score (nSPS) is 20.3. The second-order valence-corrected chi connectivity index (χ2v) is 5.55. The molecular formula is C12H13ClN2O3.